The van der Waals surface area contributed by atoms with E-state index in [1.165, 1.54) is 19.1 Å². The Morgan fingerprint density at radius 2 is 2.32 bits per heavy atom. The molecule has 2 heterocycles. The van der Waals surface area contributed by atoms with E-state index in [9.17, 15) is 18.0 Å². The van der Waals surface area contributed by atoms with E-state index in [0.717, 1.165) is 18.9 Å². The molecule has 1 fully saturated rings. The minimum absolute atomic E-state index is 0.0260. The number of ether oxygens (including phenoxy) is 2. The molecule has 0 unspecified atom stereocenters. The molecule has 1 aromatic rings. The highest BCUT2D eigenvalue weighted by molar-refractivity contribution is 5.93. The third kappa shape index (κ3) is 4.67. The van der Waals surface area contributed by atoms with Gasteiger partial charge >= 0.3 is 6.18 Å². The lowest BCUT2D eigenvalue weighted by molar-refractivity contribution is -0.141. The van der Waals surface area contributed by atoms with Gasteiger partial charge in [-0.25, -0.2) is 4.98 Å². The maximum absolute atomic E-state index is 12.5. The number of hydrogen-bond acceptors (Lipinski definition) is 4. The van der Waals surface area contributed by atoms with Gasteiger partial charge in [-0.05, 0) is 31.9 Å². The second kappa shape index (κ2) is 7.06. The molecule has 0 aromatic carbocycles. The van der Waals surface area contributed by atoms with Crippen molar-refractivity contribution in [2.45, 2.75) is 38.1 Å². The molecule has 1 N–H and O–H groups in total. The van der Waals surface area contributed by atoms with Crippen LogP contribution in [0.2, 0.25) is 0 Å². The summed E-state index contributed by atoms with van der Waals surface area (Å²) < 4.78 is 48.4. The summed E-state index contributed by atoms with van der Waals surface area (Å²) in [6, 6.07) is 3.32. The predicted molar refractivity (Wildman–Crippen MR) is 72.3 cm³/mol. The van der Waals surface area contributed by atoms with E-state index in [-0.39, 0.29) is 18.5 Å². The number of alkyl halides is 3. The first-order valence-corrected chi connectivity index (χ1v) is 6.94. The minimum atomic E-state index is -4.55. The van der Waals surface area contributed by atoms with Crippen LogP contribution in [0.15, 0.2) is 18.2 Å². The van der Waals surface area contributed by atoms with Crippen LogP contribution in [-0.2, 0) is 20.4 Å². The van der Waals surface area contributed by atoms with Crippen LogP contribution >= 0.6 is 0 Å². The van der Waals surface area contributed by atoms with Crippen LogP contribution in [0.25, 0.3) is 0 Å². The average Bonchev–Trinajstić information content (AvgIpc) is 2.97. The number of halogens is 3. The fraction of sp³-hybridized carbons (Fsp3) is 0.571. The smallest absolute Gasteiger partial charge is 0.376 e. The van der Waals surface area contributed by atoms with Gasteiger partial charge in [0.05, 0.1) is 12.7 Å². The monoisotopic (exact) mass is 318 g/mol. The molecule has 2 atom stereocenters. The Kier molecular flexibility index (Phi) is 5.36. The van der Waals surface area contributed by atoms with Gasteiger partial charge < -0.3 is 14.8 Å². The first kappa shape index (κ1) is 16.7. The lowest BCUT2D eigenvalue weighted by atomic mass is 10.2. The van der Waals surface area contributed by atoms with Crippen LogP contribution in [0.4, 0.5) is 19.0 Å². The van der Waals surface area contributed by atoms with Crippen LogP contribution in [0.5, 0.6) is 0 Å². The van der Waals surface area contributed by atoms with Gasteiger partial charge in [0, 0.05) is 6.61 Å². The van der Waals surface area contributed by atoms with Crippen LogP contribution in [0, 0.1) is 0 Å². The summed E-state index contributed by atoms with van der Waals surface area (Å²) in [4.78, 5) is 15.2. The van der Waals surface area contributed by atoms with Gasteiger partial charge in [0.15, 0.2) is 0 Å². The van der Waals surface area contributed by atoms with Gasteiger partial charge in [0.2, 0.25) is 0 Å². The van der Waals surface area contributed by atoms with Crippen molar-refractivity contribution in [2.75, 3.05) is 18.5 Å². The van der Waals surface area contributed by atoms with Gasteiger partial charge in [-0.1, -0.05) is 6.07 Å². The third-order valence-electron chi connectivity index (χ3n) is 3.22. The van der Waals surface area contributed by atoms with Gasteiger partial charge in [0.1, 0.15) is 17.6 Å². The van der Waals surface area contributed by atoms with Crippen LogP contribution in [0.1, 0.15) is 25.5 Å². The Morgan fingerprint density at radius 1 is 1.55 bits per heavy atom. The van der Waals surface area contributed by atoms with Crippen molar-refractivity contribution in [3.8, 4) is 0 Å². The number of nitrogens with one attached hydrogen (secondary N) is 1. The highest BCUT2D eigenvalue weighted by atomic mass is 19.4. The van der Waals surface area contributed by atoms with Gasteiger partial charge in [-0.3, -0.25) is 4.79 Å². The molecular weight excluding hydrogens is 301 g/mol. The zero-order chi connectivity index (χ0) is 16.2. The molecule has 1 aliphatic heterocycles. The Morgan fingerprint density at radius 3 is 2.95 bits per heavy atom. The molecular formula is C14H17F3N2O3. The second-order valence-electron chi connectivity index (χ2n) is 5.01. The van der Waals surface area contributed by atoms with E-state index in [2.05, 4.69) is 10.3 Å². The molecule has 1 aliphatic rings. The number of carbonyl (C=O) groups excluding carboxylic acids is 1. The van der Waals surface area contributed by atoms with E-state index >= 15 is 0 Å². The normalized spacial score (nSPS) is 19.9. The first-order chi connectivity index (χ1) is 10.4. The summed E-state index contributed by atoms with van der Waals surface area (Å²) in [6.07, 6.45) is -3.54. The van der Waals surface area contributed by atoms with Crippen molar-refractivity contribution in [3.05, 3.63) is 23.9 Å². The Labute approximate surface area is 125 Å². The number of rotatable bonds is 5. The third-order valence-corrected chi connectivity index (χ3v) is 3.22. The highest BCUT2D eigenvalue weighted by Gasteiger charge is 2.32. The predicted octanol–water partition coefficient (Wildman–Crippen LogP) is 2.62. The fourth-order valence-corrected chi connectivity index (χ4v) is 1.99. The molecule has 0 aliphatic carbocycles. The summed E-state index contributed by atoms with van der Waals surface area (Å²) in [7, 11) is 0. The quantitative estimate of drug-likeness (QED) is 0.906. The Balaban J connectivity index is 1.87. The number of pyridine rings is 1. The fourth-order valence-electron chi connectivity index (χ4n) is 1.99. The van der Waals surface area contributed by atoms with Crippen molar-refractivity contribution in [1.82, 2.24) is 4.98 Å². The molecule has 2 rings (SSSR count). The molecule has 0 radical (unpaired) electrons. The molecule has 5 nitrogen and oxygen atoms in total. The van der Waals surface area contributed by atoms with Crippen molar-refractivity contribution in [1.29, 1.82) is 0 Å². The standard InChI is InChI=1S/C14H17F3N2O3/c1-9(22-8-10-4-3-7-21-10)13(20)19-12-6-2-5-11(18-12)14(15,16)17/h2,5-6,9-10H,3-4,7-8H2,1H3,(H,18,19,20)/t9-,10-/m1/s1. The molecule has 1 saturated heterocycles. The SMILES string of the molecule is C[C@@H](OC[C@H]1CCCO1)C(=O)Nc1cccc(C(F)(F)F)n1. The van der Waals surface area contributed by atoms with E-state index in [1.54, 1.807) is 0 Å². The number of hydrogen-bond donors (Lipinski definition) is 1. The zero-order valence-electron chi connectivity index (χ0n) is 12.0. The first-order valence-electron chi connectivity index (χ1n) is 6.94. The lowest BCUT2D eigenvalue weighted by Gasteiger charge is -2.16. The summed E-state index contributed by atoms with van der Waals surface area (Å²) in [5.74, 6) is -0.711. The topological polar surface area (TPSA) is 60.5 Å². The summed E-state index contributed by atoms with van der Waals surface area (Å²) in [5.41, 5.74) is -1.06. The maximum atomic E-state index is 12.5. The van der Waals surface area contributed by atoms with Gasteiger partial charge in [0.25, 0.3) is 5.91 Å². The van der Waals surface area contributed by atoms with E-state index in [1.807, 2.05) is 0 Å². The molecule has 8 heteroatoms. The number of nitrogens with zero attached hydrogens (tertiary/aromatic N) is 1. The number of aromatic nitrogens is 1. The molecule has 1 aromatic heterocycles. The lowest BCUT2D eigenvalue weighted by Crippen LogP contribution is -2.31. The minimum Gasteiger partial charge on any atom is -0.376 e. The van der Waals surface area contributed by atoms with Crippen LogP contribution < -0.4 is 5.32 Å². The van der Waals surface area contributed by atoms with Crippen molar-refractivity contribution in [2.24, 2.45) is 0 Å². The van der Waals surface area contributed by atoms with Crippen LogP contribution in [0.3, 0.4) is 0 Å². The average molecular weight is 318 g/mol. The second-order valence-corrected chi connectivity index (χ2v) is 5.01. The van der Waals surface area contributed by atoms with E-state index in [4.69, 9.17) is 9.47 Å². The Bertz CT molecular complexity index is 516. The number of amides is 1. The van der Waals surface area contributed by atoms with Gasteiger partial charge in [-0.2, -0.15) is 13.2 Å². The molecule has 122 valence electrons. The van der Waals surface area contributed by atoms with Crippen molar-refractivity contribution >= 4 is 11.7 Å². The summed E-state index contributed by atoms with van der Waals surface area (Å²) in [5, 5.41) is 2.31. The van der Waals surface area contributed by atoms with Gasteiger partial charge in [-0.15, -0.1) is 0 Å². The molecule has 1 amide bonds. The number of anilines is 1. The number of carbonyl (C=O) groups is 1. The van der Waals surface area contributed by atoms with E-state index < -0.39 is 23.9 Å². The van der Waals surface area contributed by atoms with Crippen LogP contribution in [-0.4, -0.2) is 36.3 Å². The van der Waals surface area contributed by atoms with Crippen molar-refractivity contribution < 1.29 is 27.4 Å². The molecule has 22 heavy (non-hydrogen) atoms. The highest BCUT2D eigenvalue weighted by Crippen LogP contribution is 2.28. The largest absolute Gasteiger partial charge is 0.433 e. The van der Waals surface area contributed by atoms with Crippen molar-refractivity contribution in [3.63, 3.8) is 0 Å². The van der Waals surface area contributed by atoms with E-state index in [0.29, 0.717) is 6.61 Å². The molecule has 0 bridgehead atoms. The summed E-state index contributed by atoms with van der Waals surface area (Å²) in [6.45, 7) is 2.49. The zero-order valence-corrected chi connectivity index (χ0v) is 12.0. The summed E-state index contributed by atoms with van der Waals surface area (Å²) >= 11 is 0. The molecule has 0 spiro atoms. The Hall–Kier alpha value is -1.67. The maximum Gasteiger partial charge on any atom is 0.433 e. The molecule has 0 saturated carbocycles.